The van der Waals surface area contributed by atoms with Crippen molar-refractivity contribution in [2.75, 3.05) is 19.6 Å². The van der Waals surface area contributed by atoms with Crippen molar-refractivity contribution in [3.63, 3.8) is 0 Å². The van der Waals surface area contributed by atoms with Gasteiger partial charge in [-0.05, 0) is 45.8 Å². The quantitative estimate of drug-likeness (QED) is 0.594. The van der Waals surface area contributed by atoms with Crippen LogP contribution in [0.25, 0.3) is 0 Å². The summed E-state index contributed by atoms with van der Waals surface area (Å²) >= 11 is 0. The Hall–Kier alpha value is -3.44. The van der Waals surface area contributed by atoms with Crippen LogP contribution in [0.5, 0.6) is 0 Å². The summed E-state index contributed by atoms with van der Waals surface area (Å²) in [6.07, 6.45) is -1.81. The van der Waals surface area contributed by atoms with Gasteiger partial charge in [0.15, 0.2) is 5.84 Å². The Labute approximate surface area is 212 Å². The van der Waals surface area contributed by atoms with Crippen LogP contribution in [-0.2, 0) is 15.8 Å². The number of fused-ring (bicyclic) bond motifs is 1. The number of aliphatic imine (C=N–C) groups is 1. The largest absolute Gasteiger partial charge is 0.419 e. The molecule has 1 saturated heterocycles. The molecule has 8 nitrogen and oxygen atoms in total. The molecular weight excluding hydrogens is 492 g/mol. The number of amides is 2. The molecule has 12 heteroatoms. The summed E-state index contributed by atoms with van der Waals surface area (Å²) in [5.74, 6) is -1.17. The third-order valence-electron chi connectivity index (χ3n) is 6.55. The maximum absolute atomic E-state index is 14.7. The van der Waals surface area contributed by atoms with Crippen molar-refractivity contribution in [1.29, 1.82) is 0 Å². The van der Waals surface area contributed by atoms with E-state index in [9.17, 15) is 27.2 Å². The Morgan fingerprint density at radius 2 is 1.86 bits per heavy atom. The number of rotatable bonds is 4. The molecule has 0 bridgehead atoms. The van der Waals surface area contributed by atoms with Crippen LogP contribution in [0.1, 0.15) is 57.7 Å². The molecule has 0 aliphatic carbocycles. The Morgan fingerprint density at radius 3 is 2.49 bits per heavy atom. The Bertz CT molecular complexity index is 1180. The normalized spacial score (nSPS) is 20.5. The molecule has 0 saturated carbocycles. The molecule has 1 aromatic carbocycles. The number of nitrogens with zero attached hydrogens (tertiary/aromatic N) is 4. The van der Waals surface area contributed by atoms with Gasteiger partial charge in [0.2, 0.25) is 5.91 Å². The minimum Gasteiger partial charge on any atom is -0.355 e. The third-order valence-corrected chi connectivity index (χ3v) is 6.55. The van der Waals surface area contributed by atoms with Gasteiger partial charge >= 0.3 is 6.18 Å². The summed E-state index contributed by atoms with van der Waals surface area (Å²) in [7, 11) is 0. The van der Waals surface area contributed by atoms with Crippen molar-refractivity contribution in [2.45, 2.75) is 64.3 Å². The summed E-state index contributed by atoms with van der Waals surface area (Å²) in [5, 5.41) is 11.9. The van der Waals surface area contributed by atoms with Crippen molar-refractivity contribution in [1.82, 2.24) is 20.5 Å². The predicted octanol–water partition coefficient (Wildman–Crippen LogP) is 3.37. The highest BCUT2D eigenvalue weighted by Gasteiger charge is 2.40. The monoisotopic (exact) mass is 522 g/mol. The van der Waals surface area contributed by atoms with Crippen molar-refractivity contribution < 1.29 is 27.2 Å². The second kappa shape index (κ2) is 9.79. The first-order valence-electron chi connectivity index (χ1n) is 12.1. The lowest BCUT2D eigenvalue weighted by Gasteiger charge is -2.35. The van der Waals surface area contributed by atoms with E-state index in [2.05, 4.69) is 20.7 Å². The Kier molecular flexibility index (Phi) is 7.04. The van der Waals surface area contributed by atoms with E-state index < -0.39 is 35.0 Å². The average Bonchev–Trinajstić information content (AvgIpc) is 3.11. The first kappa shape index (κ1) is 26.6. The molecule has 1 fully saturated rings. The summed E-state index contributed by atoms with van der Waals surface area (Å²) in [4.78, 5) is 31.4. The van der Waals surface area contributed by atoms with E-state index in [1.807, 2.05) is 18.7 Å². The summed E-state index contributed by atoms with van der Waals surface area (Å²) < 4.78 is 54.2. The van der Waals surface area contributed by atoms with Gasteiger partial charge in [0, 0.05) is 31.6 Å². The fourth-order valence-electron chi connectivity index (χ4n) is 4.77. The molecule has 3 aliphatic rings. The number of carbonyl (C=O) groups excluding carboxylic acids is 2. The smallest absolute Gasteiger partial charge is 0.355 e. The zero-order valence-electron chi connectivity index (χ0n) is 21.1. The SMILES string of the molecule is CC(=O)NC1CCN(C2=NN3CC(C)(C)N=C3C(C(=O)N[C@H](C)c3cccc(C(F)(F)F)c3F)=C2)CC1. The number of likely N-dealkylation sites (tertiary alicyclic amines) is 1. The van der Waals surface area contributed by atoms with Crippen LogP contribution in [0.15, 0.2) is 39.9 Å². The molecule has 2 amide bonds. The van der Waals surface area contributed by atoms with E-state index in [0.717, 1.165) is 6.07 Å². The van der Waals surface area contributed by atoms with Crippen LogP contribution >= 0.6 is 0 Å². The molecule has 3 heterocycles. The number of hydrazone groups is 1. The number of benzene rings is 1. The molecule has 1 aromatic rings. The highest BCUT2D eigenvalue weighted by atomic mass is 19.4. The van der Waals surface area contributed by atoms with Crippen LogP contribution < -0.4 is 10.6 Å². The molecule has 0 aromatic heterocycles. The van der Waals surface area contributed by atoms with Gasteiger partial charge in [-0.1, -0.05) is 12.1 Å². The van der Waals surface area contributed by atoms with Crippen LogP contribution in [0, 0.1) is 5.82 Å². The van der Waals surface area contributed by atoms with Crippen LogP contribution in [0.2, 0.25) is 0 Å². The van der Waals surface area contributed by atoms with E-state index in [0.29, 0.717) is 50.2 Å². The number of carbonyl (C=O) groups is 2. The third kappa shape index (κ3) is 5.78. The van der Waals surface area contributed by atoms with Gasteiger partial charge in [-0.25, -0.2) is 9.40 Å². The van der Waals surface area contributed by atoms with Crippen molar-refractivity contribution >= 4 is 23.5 Å². The number of piperidine rings is 1. The number of nitrogens with one attached hydrogen (secondary N) is 2. The van der Waals surface area contributed by atoms with Gasteiger partial charge in [-0.3, -0.25) is 14.6 Å². The molecule has 0 spiro atoms. The lowest BCUT2D eigenvalue weighted by atomic mass is 10.0. The molecule has 0 unspecified atom stereocenters. The summed E-state index contributed by atoms with van der Waals surface area (Å²) in [6.45, 7) is 8.39. The molecular formula is C25H30F4N6O2. The lowest BCUT2D eigenvalue weighted by Crippen LogP contribution is -2.48. The second-order valence-electron chi connectivity index (χ2n) is 10.2. The Morgan fingerprint density at radius 1 is 1.19 bits per heavy atom. The van der Waals surface area contributed by atoms with Gasteiger partial charge in [0.05, 0.1) is 29.3 Å². The van der Waals surface area contributed by atoms with Gasteiger partial charge in [0.1, 0.15) is 11.7 Å². The maximum Gasteiger partial charge on any atom is 0.419 e. The van der Waals surface area contributed by atoms with E-state index >= 15 is 0 Å². The predicted molar refractivity (Wildman–Crippen MR) is 130 cm³/mol. The molecule has 1 atom stereocenters. The van der Waals surface area contributed by atoms with Crippen molar-refractivity contribution in [3.05, 3.63) is 46.8 Å². The summed E-state index contributed by atoms with van der Waals surface area (Å²) in [5.41, 5.74) is -1.95. The first-order chi connectivity index (χ1) is 17.2. The number of hydrogen-bond acceptors (Lipinski definition) is 6. The molecule has 4 rings (SSSR count). The zero-order chi connectivity index (χ0) is 27.1. The van der Waals surface area contributed by atoms with Crippen LogP contribution in [0.4, 0.5) is 17.6 Å². The van der Waals surface area contributed by atoms with E-state index in [1.165, 1.54) is 19.9 Å². The minimum atomic E-state index is -4.85. The zero-order valence-corrected chi connectivity index (χ0v) is 21.1. The number of amidine groups is 2. The van der Waals surface area contributed by atoms with Gasteiger partial charge < -0.3 is 15.5 Å². The number of hydrogen-bond donors (Lipinski definition) is 2. The van der Waals surface area contributed by atoms with E-state index in [-0.39, 0.29) is 23.1 Å². The molecule has 0 radical (unpaired) electrons. The van der Waals surface area contributed by atoms with Gasteiger partial charge in [0.25, 0.3) is 5.91 Å². The fourth-order valence-corrected chi connectivity index (χ4v) is 4.77. The van der Waals surface area contributed by atoms with Crippen molar-refractivity contribution in [2.24, 2.45) is 10.1 Å². The van der Waals surface area contributed by atoms with Gasteiger partial charge in [-0.2, -0.15) is 18.3 Å². The number of halogens is 4. The number of alkyl halides is 3. The van der Waals surface area contributed by atoms with E-state index in [4.69, 9.17) is 0 Å². The standard InChI is InChI=1S/C25H30F4N6O2/c1-14(17-6-5-7-19(21(17)26)25(27,28)29)30-23(37)18-12-20(33-35-13-24(3,4)32-22(18)35)34-10-8-16(9-11-34)31-15(2)36/h5-7,12,14,16H,8-11,13H2,1-4H3,(H,30,37)(H,31,36)/t14-/m1/s1. The van der Waals surface area contributed by atoms with Gasteiger partial charge in [-0.15, -0.1) is 0 Å². The Balaban J connectivity index is 1.57. The highest BCUT2D eigenvalue weighted by molar-refractivity contribution is 6.25. The fraction of sp³-hybridized carbons (Fsp3) is 0.520. The molecule has 37 heavy (non-hydrogen) atoms. The summed E-state index contributed by atoms with van der Waals surface area (Å²) in [6, 6.07) is 2.04. The topological polar surface area (TPSA) is 89.4 Å². The minimum absolute atomic E-state index is 0.0655. The van der Waals surface area contributed by atoms with E-state index in [1.54, 1.807) is 11.1 Å². The molecule has 200 valence electrons. The molecule has 3 aliphatic heterocycles. The average molecular weight is 523 g/mol. The van der Waals surface area contributed by atoms with Crippen molar-refractivity contribution in [3.8, 4) is 0 Å². The lowest BCUT2D eigenvalue weighted by molar-refractivity contribution is -0.140. The van der Waals surface area contributed by atoms with Crippen LogP contribution in [-0.4, -0.2) is 64.6 Å². The second-order valence-corrected chi connectivity index (χ2v) is 10.2. The highest BCUT2D eigenvalue weighted by Crippen LogP contribution is 2.34. The maximum atomic E-state index is 14.7. The first-order valence-corrected chi connectivity index (χ1v) is 12.1. The van der Waals surface area contributed by atoms with Crippen LogP contribution in [0.3, 0.4) is 0 Å². The molecule has 2 N–H and O–H groups in total.